The molecule has 32 heavy (non-hydrogen) atoms. The molecule has 0 spiro atoms. The first-order valence-corrected chi connectivity index (χ1v) is 10.0. The Bertz CT molecular complexity index is 861. The van der Waals surface area contributed by atoms with Crippen LogP contribution in [0.4, 0.5) is 19.0 Å². The van der Waals surface area contributed by atoms with Crippen molar-refractivity contribution in [1.82, 2.24) is 9.88 Å². The number of nitrogens with one attached hydrogen (secondary N) is 1. The number of alkyl halides is 3. The molecule has 1 heterocycles. The van der Waals surface area contributed by atoms with Crippen LogP contribution in [0.25, 0.3) is 0 Å². The average Bonchev–Trinajstić information content (AvgIpc) is 2.73. The first-order valence-electron chi connectivity index (χ1n) is 10.0. The Morgan fingerprint density at radius 1 is 1.19 bits per heavy atom. The Labute approximate surface area is 184 Å². The first-order chi connectivity index (χ1) is 15.1. The van der Waals surface area contributed by atoms with Gasteiger partial charge in [0.2, 0.25) is 5.91 Å². The van der Waals surface area contributed by atoms with E-state index in [9.17, 15) is 22.8 Å². The van der Waals surface area contributed by atoms with Crippen LogP contribution in [0.3, 0.4) is 0 Å². The topological polar surface area (TPSA) is 91.8 Å². The van der Waals surface area contributed by atoms with Crippen molar-refractivity contribution in [3.63, 3.8) is 0 Å². The minimum absolute atomic E-state index is 0.0155. The van der Waals surface area contributed by atoms with Gasteiger partial charge < -0.3 is 20.1 Å². The predicted molar refractivity (Wildman–Crippen MR) is 112 cm³/mol. The molecular formula is C22H26F3N3O4. The van der Waals surface area contributed by atoms with Gasteiger partial charge in [-0.3, -0.25) is 9.59 Å². The van der Waals surface area contributed by atoms with E-state index < -0.39 is 36.9 Å². The smallest absolute Gasteiger partial charge is 0.406 e. The van der Waals surface area contributed by atoms with Gasteiger partial charge in [0, 0.05) is 19.8 Å². The number of aliphatic carboxylic acids is 1. The Balaban J connectivity index is 1.84. The number of carbonyl (C=O) groups is 2. The number of carboxylic acids is 1. The number of rotatable bonds is 12. The van der Waals surface area contributed by atoms with Crippen LogP contribution in [-0.2, 0) is 16.0 Å². The van der Waals surface area contributed by atoms with E-state index >= 15 is 0 Å². The summed E-state index contributed by atoms with van der Waals surface area (Å²) in [7, 11) is 1.02. The molecule has 2 N–H and O–H groups in total. The highest BCUT2D eigenvalue weighted by Crippen LogP contribution is 2.21. The van der Waals surface area contributed by atoms with Crippen molar-refractivity contribution in [2.45, 2.75) is 25.4 Å². The van der Waals surface area contributed by atoms with Crippen molar-refractivity contribution in [2.24, 2.45) is 5.92 Å². The fraction of sp³-hybridized carbons (Fsp3) is 0.409. The first kappa shape index (κ1) is 25.0. The van der Waals surface area contributed by atoms with Gasteiger partial charge in [0.1, 0.15) is 18.1 Å². The molecule has 1 amide bonds. The number of halogens is 3. The summed E-state index contributed by atoms with van der Waals surface area (Å²) < 4.78 is 43.4. The summed E-state index contributed by atoms with van der Waals surface area (Å²) in [5, 5.41) is 12.2. The van der Waals surface area contributed by atoms with Gasteiger partial charge in [-0.05, 0) is 42.7 Å². The van der Waals surface area contributed by atoms with Gasteiger partial charge >= 0.3 is 12.1 Å². The second-order valence-corrected chi connectivity index (χ2v) is 7.30. The minimum atomic E-state index is -4.55. The Kier molecular flexibility index (Phi) is 9.30. The highest BCUT2D eigenvalue weighted by Gasteiger charge is 2.34. The van der Waals surface area contributed by atoms with Crippen LogP contribution in [0, 0.1) is 5.92 Å². The highest BCUT2D eigenvalue weighted by molar-refractivity contribution is 5.83. The Morgan fingerprint density at radius 3 is 2.50 bits per heavy atom. The zero-order chi connectivity index (χ0) is 23.6. The van der Waals surface area contributed by atoms with Crippen LogP contribution in [0.5, 0.6) is 5.75 Å². The van der Waals surface area contributed by atoms with Crippen molar-refractivity contribution in [3.05, 3.63) is 54.2 Å². The SMILES string of the molecule is CN(CC(F)(F)F)C(=O)C(CC(=O)O)Cc1ccc(OCCCNc2ccccn2)cc1. The maximum atomic E-state index is 12.6. The molecule has 0 aliphatic heterocycles. The fourth-order valence-electron chi connectivity index (χ4n) is 3.07. The fourth-order valence-corrected chi connectivity index (χ4v) is 3.07. The van der Waals surface area contributed by atoms with E-state index in [-0.39, 0.29) is 6.42 Å². The third-order valence-corrected chi connectivity index (χ3v) is 4.53. The van der Waals surface area contributed by atoms with E-state index in [0.717, 1.165) is 19.3 Å². The van der Waals surface area contributed by atoms with Crippen molar-refractivity contribution in [1.29, 1.82) is 0 Å². The van der Waals surface area contributed by atoms with Crippen LogP contribution in [0.15, 0.2) is 48.7 Å². The minimum Gasteiger partial charge on any atom is -0.494 e. The van der Waals surface area contributed by atoms with Gasteiger partial charge in [-0.1, -0.05) is 18.2 Å². The van der Waals surface area contributed by atoms with Gasteiger partial charge in [0.25, 0.3) is 0 Å². The maximum Gasteiger partial charge on any atom is 0.406 e. The molecule has 0 saturated heterocycles. The summed E-state index contributed by atoms with van der Waals surface area (Å²) in [5.41, 5.74) is 0.633. The number of benzene rings is 1. The molecule has 1 unspecified atom stereocenters. The molecule has 0 fully saturated rings. The molecule has 2 aromatic rings. The lowest BCUT2D eigenvalue weighted by Gasteiger charge is -2.24. The number of nitrogens with zero attached hydrogens (tertiary/aromatic N) is 2. The lowest BCUT2D eigenvalue weighted by atomic mass is 9.94. The van der Waals surface area contributed by atoms with Crippen molar-refractivity contribution >= 4 is 17.7 Å². The number of amides is 1. The quantitative estimate of drug-likeness (QED) is 0.477. The molecular weight excluding hydrogens is 427 g/mol. The summed E-state index contributed by atoms with van der Waals surface area (Å²) >= 11 is 0. The largest absolute Gasteiger partial charge is 0.494 e. The van der Waals surface area contributed by atoms with Crippen LogP contribution in [0.1, 0.15) is 18.4 Å². The number of ether oxygens (including phenoxy) is 1. The molecule has 7 nitrogen and oxygen atoms in total. The van der Waals surface area contributed by atoms with Crippen molar-refractivity contribution in [2.75, 3.05) is 32.1 Å². The van der Waals surface area contributed by atoms with E-state index in [4.69, 9.17) is 9.84 Å². The van der Waals surface area contributed by atoms with Crippen LogP contribution in [0.2, 0.25) is 0 Å². The third-order valence-electron chi connectivity index (χ3n) is 4.53. The zero-order valence-electron chi connectivity index (χ0n) is 17.6. The lowest BCUT2D eigenvalue weighted by Crippen LogP contribution is -2.40. The average molecular weight is 453 g/mol. The number of hydrogen-bond donors (Lipinski definition) is 2. The molecule has 0 bridgehead atoms. The van der Waals surface area contributed by atoms with Gasteiger partial charge in [-0.2, -0.15) is 13.2 Å². The summed E-state index contributed by atoms with van der Waals surface area (Å²) in [5.74, 6) is -1.82. The van der Waals surface area contributed by atoms with E-state index in [1.807, 2.05) is 18.2 Å². The van der Waals surface area contributed by atoms with Crippen molar-refractivity contribution < 1.29 is 32.6 Å². The molecule has 0 aliphatic rings. The number of anilines is 1. The molecule has 1 aromatic heterocycles. The second-order valence-electron chi connectivity index (χ2n) is 7.30. The molecule has 0 radical (unpaired) electrons. The molecule has 10 heteroatoms. The Morgan fingerprint density at radius 2 is 1.91 bits per heavy atom. The zero-order valence-corrected chi connectivity index (χ0v) is 17.6. The van der Waals surface area contributed by atoms with Gasteiger partial charge in [0.05, 0.1) is 18.9 Å². The van der Waals surface area contributed by atoms with Gasteiger partial charge in [0.15, 0.2) is 0 Å². The monoisotopic (exact) mass is 453 g/mol. The van der Waals surface area contributed by atoms with E-state index in [1.165, 1.54) is 0 Å². The summed E-state index contributed by atoms with van der Waals surface area (Å²) in [6.07, 6.45) is -2.66. The van der Waals surface area contributed by atoms with Crippen LogP contribution < -0.4 is 10.1 Å². The van der Waals surface area contributed by atoms with Crippen molar-refractivity contribution in [3.8, 4) is 5.75 Å². The van der Waals surface area contributed by atoms with E-state index in [1.54, 1.807) is 30.5 Å². The lowest BCUT2D eigenvalue weighted by molar-refractivity contribution is -0.162. The number of pyridine rings is 1. The highest BCUT2D eigenvalue weighted by atomic mass is 19.4. The van der Waals surface area contributed by atoms with Crippen LogP contribution >= 0.6 is 0 Å². The molecule has 2 rings (SSSR count). The molecule has 0 saturated carbocycles. The second kappa shape index (κ2) is 11.9. The summed E-state index contributed by atoms with van der Waals surface area (Å²) in [4.78, 5) is 28.1. The van der Waals surface area contributed by atoms with E-state index in [0.29, 0.717) is 29.4 Å². The number of hydrogen-bond acceptors (Lipinski definition) is 5. The predicted octanol–water partition coefficient (Wildman–Crippen LogP) is 3.62. The number of aromatic nitrogens is 1. The molecule has 1 atom stereocenters. The standard InChI is InChI=1S/C22H26F3N3O4/c1-28(15-22(23,24)25)21(31)17(14-20(29)30)13-16-6-8-18(9-7-16)32-12-4-11-27-19-5-2-3-10-26-19/h2-3,5-10,17H,4,11-15H2,1H3,(H,26,27)(H,29,30). The number of carboxylic acid groups (broad SMARTS) is 1. The maximum absolute atomic E-state index is 12.6. The summed E-state index contributed by atoms with van der Waals surface area (Å²) in [6.45, 7) is -0.287. The molecule has 1 aromatic carbocycles. The van der Waals surface area contributed by atoms with Gasteiger partial charge in [-0.15, -0.1) is 0 Å². The summed E-state index contributed by atoms with van der Waals surface area (Å²) in [6, 6.07) is 12.3. The number of carbonyl (C=O) groups excluding carboxylic acids is 1. The van der Waals surface area contributed by atoms with Crippen LogP contribution in [-0.4, -0.2) is 59.8 Å². The Hall–Kier alpha value is -3.30. The molecule has 174 valence electrons. The third kappa shape index (κ3) is 9.23. The normalized spacial score (nSPS) is 12.1. The van der Waals surface area contributed by atoms with E-state index in [2.05, 4.69) is 10.3 Å². The van der Waals surface area contributed by atoms with Gasteiger partial charge in [-0.25, -0.2) is 4.98 Å². The molecule has 0 aliphatic carbocycles.